The van der Waals surface area contributed by atoms with E-state index in [-0.39, 0.29) is 31.9 Å². The number of aliphatic imine (C=N–C) groups is 2. The summed E-state index contributed by atoms with van der Waals surface area (Å²) in [5.74, 6) is 1.93. The molecule has 0 aliphatic heterocycles. The summed E-state index contributed by atoms with van der Waals surface area (Å²) < 4.78 is 30.3. The second-order valence-electron chi connectivity index (χ2n) is 7.76. The van der Waals surface area contributed by atoms with Crippen molar-refractivity contribution >= 4 is 38.5 Å². The van der Waals surface area contributed by atoms with Crippen LogP contribution >= 0.6 is 13.5 Å². The van der Waals surface area contributed by atoms with Gasteiger partial charge in [0, 0.05) is 43.6 Å². The predicted molar refractivity (Wildman–Crippen MR) is 148 cm³/mol. The lowest BCUT2D eigenvalue weighted by Gasteiger charge is -2.32. The Morgan fingerprint density at radius 2 is 1.75 bits per heavy atom. The average Bonchev–Trinajstić information content (AvgIpc) is 2.86. The van der Waals surface area contributed by atoms with Gasteiger partial charge in [-0.15, -0.1) is 0 Å². The SMILES string of the molecule is C=NNC.C=Nc1c(OC)cc(F)cc1C(=NCc1ccc(OC)cc1OC)NCC1CC(O)C1.S. The molecule has 0 unspecified atom stereocenters. The fourth-order valence-corrected chi connectivity index (χ4v) is 3.56. The number of nitrogens with one attached hydrogen (secondary N) is 2. The third-order valence-corrected chi connectivity index (χ3v) is 5.50. The Morgan fingerprint density at radius 3 is 2.28 bits per heavy atom. The molecule has 1 aliphatic rings. The normalized spacial score (nSPS) is 16.2. The molecule has 0 heterocycles. The van der Waals surface area contributed by atoms with Crippen LogP contribution in [-0.2, 0) is 6.54 Å². The third-order valence-electron chi connectivity index (χ3n) is 5.50. The lowest BCUT2D eigenvalue weighted by atomic mass is 9.82. The van der Waals surface area contributed by atoms with Crippen molar-refractivity contribution in [1.29, 1.82) is 0 Å². The first-order valence-electron chi connectivity index (χ1n) is 11.0. The molecule has 11 heteroatoms. The molecule has 0 radical (unpaired) electrons. The van der Waals surface area contributed by atoms with E-state index in [1.807, 2.05) is 12.1 Å². The number of ether oxygens (including phenoxy) is 3. The standard InChI is InChI=1S/C23H28FN3O4.C2H6N2.H2S/c1-25-22-19(9-16(24)10-21(22)31-4)23(26-12-14-7-17(28)8-14)27-13-15-5-6-18(29-2)11-20(15)30-3;1-3-4-2;/h5-6,9-11,14,17,28H,1,7-8,12-13H2,2-4H3,(H,26,27);4H,1H2,2H3;1H2. The highest BCUT2D eigenvalue weighted by Gasteiger charge is 2.27. The number of rotatable bonds is 10. The van der Waals surface area contributed by atoms with Gasteiger partial charge in [-0.1, -0.05) is 0 Å². The number of hydrazone groups is 1. The van der Waals surface area contributed by atoms with Gasteiger partial charge < -0.3 is 30.1 Å². The molecule has 3 rings (SSSR count). The lowest BCUT2D eigenvalue weighted by molar-refractivity contribution is 0.0450. The largest absolute Gasteiger partial charge is 0.497 e. The van der Waals surface area contributed by atoms with Crippen molar-refractivity contribution in [3.05, 3.63) is 47.3 Å². The fraction of sp³-hybridized carbons (Fsp3) is 0.400. The number of aliphatic hydroxyl groups excluding tert-OH is 1. The molecule has 2 aromatic rings. The highest BCUT2D eigenvalue weighted by atomic mass is 32.1. The number of benzene rings is 2. The minimum atomic E-state index is -0.463. The topological polar surface area (TPSA) is 109 Å². The summed E-state index contributed by atoms with van der Waals surface area (Å²) in [5.41, 5.74) is 4.16. The van der Waals surface area contributed by atoms with Crippen LogP contribution in [0.15, 0.2) is 45.4 Å². The summed E-state index contributed by atoms with van der Waals surface area (Å²) >= 11 is 0. The Labute approximate surface area is 218 Å². The van der Waals surface area contributed by atoms with Gasteiger partial charge in [0.15, 0.2) is 0 Å². The Bertz CT molecular complexity index is 1030. The monoisotopic (exact) mass is 521 g/mol. The first-order valence-corrected chi connectivity index (χ1v) is 11.0. The maximum Gasteiger partial charge on any atom is 0.148 e. The van der Waals surface area contributed by atoms with Crippen LogP contribution in [0.5, 0.6) is 17.2 Å². The van der Waals surface area contributed by atoms with E-state index >= 15 is 0 Å². The second-order valence-corrected chi connectivity index (χ2v) is 7.76. The fourth-order valence-electron chi connectivity index (χ4n) is 3.56. The van der Waals surface area contributed by atoms with Crippen LogP contribution in [0, 0.1) is 11.7 Å². The quantitative estimate of drug-likeness (QED) is 0.251. The summed E-state index contributed by atoms with van der Waals surface area (Å²) in [7, 11) is 6.33. The van der Waals surface area contributed by atoms with Gasteiger partial charge in [-0.2, -0.15) is 18.6 Å². The van der Waals surface area contributed by atoms with Crippen LogP contribution < -0.4 is 25.0 Å². The maximum absolute atomic E-state index is 14.3. The van der Waals surface area contributed by atoms with Gasteiger partial charge in [-0.05, 0) is 43.7 Å². The molecule has 0 aromatic heterocycles. The number of nitrogens with zero attached hydrogens (tertiary/aromatic N) is 3. The molecule has 0 bridgehead atoms. The molecule has 198 valence electrons. The highest BCUT2D eigenvalue weighted by Crippen LogP contribution is 2.33. The van der Waals surface area contributed by atoms with E-state index in [9.17, 15) is 9.50 Å². The lowest BCUT2D eigenvalue weighted by Crippen LogP contribution is -2.38. The van der Waals surface area contributed by atoms with Crippen molar-refractivity contribution in [3.8, 4) is 17.2 Å². The number of halogens is 1. The maximum atomic E-state index is 14.3. The van der Waals surface area contributed by atoms with Gasteiger partial charge >= 0.3 is 0 Å². The predicted octanol–water partition coefficient (Wildman–Crippen LogP) is 3.43. The van der Waals surface area contributed by atoms with Crippen molar-refractivity contribution in [2.45, 2.75) is 25.5 Å². The summed E-state index contributed by atoms with van der Waals surface area (Å²) in [6, 6.07) is 8.12. The molecule has 3 N–H and O–H groups in total. The molecule has 2 aromatic carbocycles. The van der Waals surface area contributed by atoms with Crippen LogP contribution in [0.4, 0.5) is 10.1 Å². The first kappa shape index (κ1) is 30.7. The second kappa shape index (κ2) is 15.6. The van der Waals surface area contributed by atoms with Crippen LogP contribution in [0.3, 0.4) is 0 Å². The molecule has 0 saturated heterocycles. The minimum absolute atomic E-state index is 0. The Hall–Kier alpha value is -3.31. The molecule has 0 amide bonds. The molecule has 0 spiro atoms. The van der Waals surface area contributed by atoms with Crippen molar-refractivity contribution in [3.63, 3.8) is 0 Å². The summed E-state index contributed by atoms with van der Waals surface area (Å²) in [4.78, 5) is 8.76. The number of aliphatic hydroxyl groups is 1. The van der Waals surface area contributed by atoms with Crippen LogP contribution in [-0.4, -0.2) is 65.4 Å². The van der Waals surface area contributed by atoms with Crippen LogP contribution in [0.1, 0.15) is 24.0 Å². The smallest absolute Gasteiger partial charge is 0.148 e. The van der Waals surface area contributed by atoms with Gasteiger partial charge in [-0.25, -0.2) is 4.39 Å². The molecule has 1 saturated carbocycles. The van der Waals surface area contributed by atoms with E-state index in [1.54, 1.807) is 27.3 Å². The van der Waals surface area contributed by atoms with E-state index in [2.05, 4.69) is 34.3 Å². The Morgan fingerprint density at radius 1 is 1.08 bits per heavy atom. The van der Waals surface area contributed by atoms with Gasteiger partial charge in [-0.3, -0.25) is 9.98 Å². The summed E-state index contributed by atoms with van der Waals surface area (Å²) in [5, 5.41) is 16.1. The zero-order chi connectivity index (χ0) is 25.8. The molecular formula is C25H36FN5O4S. The number of amidine groups is 1. The van der Waals surface area contributed by atoms with Gasteiger partial charge in [0.2, 0.25) is 0 Å². The van der Waals surface area contributed by atoms with Crippen molar-refractivity contribution in [2.24, 2.45) is 21.0 Å². The molecule has 36 heavy (non-hydrogen) atoms. The van der Waals surface area contributed by atoms with E-state index in [4.69, 9.17) is 19.2 Å². The van der Waals surface area contributed by atoms with E-state index in [0.717, 1.165) is 18.4 Å². The van der Waals surface area contributed by atoms with E-state index < -0.39 is 5.82 Å². The zero-order valence-electron chi connectivity index (χ0n) is 21.2. The highest BCUT2D eigenvalue weighted by molar-refractivity contribution is 7.59. The van der Waals surface area contributed by atoms with E-state index in [0.29, 0.717) is 41.0 Å². The minimum Gasteiger partial charge on any atom is -0.497 e. The van der Waals surface area contributed by atoms with Crippen LogP contribution in [0.25, 0.3) is 0 Å². The molecular weight excluding hydrogens is 485 g/mol. The average molecular weight is 522 g/mol. The Balaban J connectivity index is 0.00000120. The van der Waals surface area contributed by atoms with Crippen molar-refractivity contribution in [2.75, 3.05) is 34.9 Å². The Kier molecular flexibility index (Phi) is 13.3. The first-order chi connectivity index (χ1) is 16.9. The molecule has 1 aliphatic carbocycles. The zero-order valence-corrected chi connectivity index (χ0v) is 22.2. The van der Waals surface area contributed by atoms with Gasteiger partial charge in [0.05, 0.1) is 34.0 Å². The van der Waals surface area contributed by atoms with Crippen molar-refractivity contribution in [1.82, 2.24) is 10.7 Å². The molecule has 1 fully saturated rings. The summed E-state index contributed by atoms with van der Waals surface area (Å²) in [6.07, 6.45) is 1.20. The molecule has 9 nitrogen and oxygen atoms in total. The van der Waals surface area contributed by atoms with Crippen molar-refractivity contribution < 1.29 is 23.7 Å². The summed E-state index contributed by atoms with van der Waals surface area (Å²) in [6.45, 7) is 7.62. The van der Waals surface area contributed by atoms with E-state index in [1.165, 1.54) is 19.2 Å². The van der Waals surface area contributed by atoms with Gasteiger partial charge in [0.1, 0.15) is 34.6 Å². The number of hydrogen-bond donors (Lipinski definition) is 3. The number of methoxy groups -OCH3 is 3. The molecule has 0 atom stereocenters. The number of hydrogen-bond acceptors (Lipinski definition) is 8. The van der Waals surface area contributed by atoms with Crippen LogP contribution in [0.2, 0.25) is 0 Å². The third kappa shape index (κ3) is 8.42. The van der Waals surface area contributed by atoms with Gasteiger partial charge in [0.25, 0.3) is 0 Å².